The maximum absolute atomic E-state index is 10.6. The molecule has 0 bridgehead atoms. The van der Waals surface area contributed by atoms with E-state index in [1.807, 2.05) is 0 Å². The quantitative estimate of drug-likeness (QED) is 0.804. The van der Waals surface area contributed by atoms with Gasteiger partial charge >= 0.3 is 5.97 Å². The molecule has 0 saturated heterocycles. The molecule has 0 atom stereocenters. The third kappa shape index (κ3) is 2.30. The molecular formula is C10H8N4O2. The van der Waals surface area contributed by atoms with Crippen molar-refractivity contribution in [2.45, 2.75) is 0 Å². The minimum absolute atomic E-state index is 0.148. The van der Waals surface area contributed by atoms with Gasteiger partial charge in [-0.1, -0.05) is 0 Å². The second-order valence-electron chi connectivity index (χ2n) is 2.99. The average Bonchev–Trinajstić information content (AvgIpc) is 2.31. The van der Waals surface area contributed by atoms with Crippen LogP contribution in [0.15, 0.2) is 37.1 Å². The van der Waals surface area contributed by atoms with Crippen LogP contribution in [0.1, 0.15) is 10.4 Å². The van der Waals surface area contributed by atoms with E-state index >= 15 is 0 Å². The zero-order valence-corrected chi connectivity index (χ0v) is 8.16. The monoisotopic (exact) mass is 216 g/mol. The van der Waals surface area contributed by atoms with Gasteiger partial charge in [-0.25, -0.2) is 19.7 Å². The first kappa shape index (κ1) is 10.0. The lowest BCUT2D eigenvalue weighted by molar-refractivity contribution is 0.0696. The molecule has 0 fully saturated rings. The number of hydrogen-bond donors (Lipinski definition) is 2. The molecule has 16 heavy (non-hydrogen) atoms. The van der Waals surface area contributed by atoms with E-state index in [-0.39, 0.29) is 5.56 Å². The molecule has 0 aliphatic rings. The van der Waals surface area contributed by atoms with Crippen LogP contribution in [0.2, 0.25) is 0 Å². The zero-order chi connectivity index (χ0) is 11.4. The first-order valence-corrected chi connectivity index (χ1v) is 4.47. The van der Waals surface area contributed by atoms with Crippen LogP contribution in [-0.4, -0.2) is 26.0 Å². The van der Waals surface area contributed by atoms with Crippen LogP contribution in [0.25, 0.3) is 0 Å². The van der Waals surface area contributed by atoms with Crippen LogP contribution in [0.5, 0.6) is 0 Å². The highest BCUT2D eigenvalue weighted by Gasteiger charge is 2.02. The first-order chi connectivity index (χ1) is 7.75. The van der Waals surface area contributed by atoms with Gasteiger partial charge in [0.25, 0.3) is 0 Å². The number of carboxylic acid groups (broad SMARTS) is 1. The number of anilines is 2. The molecule has 0 radical (unpaired) electrons. The fraction of sp³-hybridized carbons (Fsp3) is 0. The molecule has 0 amide bonds. The van der Waals surface area contributed by atoms with Gasteiger partial charge in [0.05, 0.1) is 23.6 Å². The number of hydrogen-bond acceptors (Lipinski definition) is 5. The van der Waals surface area contributed by atoms with Gasteiger partial charge in [0, 0.05) is 6.20 Å². The summed E-state index contributed by atoms with van der Waals surface area (Å²) in [6.07, 6.45) is 5.90. The molecule has 6 heteroatoms. The number of aromatic carboxylic acids is 1. The number of aromatic nitrogens is 3. The van der Waals surface area contributed by atoms with Gasteiger partial charge in [-0.05, 0) is 12.1 Å². The van der Waals surface area contributed by atoms with E-state index < -0.39 is 5.97 Å². The van der Waals surface area contributed by atoms with Crippen molar-refractivity contribution in [3.8, 4) is 0 Å². The molecule has 80 valence electrons. The first-order valence-electron chi connectivity index (χ1n) is 4.47. The summed E-state index contributed by atoms with van der Waals surface area (Å²) in [5.74, 6) is -0.457. The molecular weight excluding hydrogens is 208 g/mol. The minimum Gasteiger partial charge on any atom is -0.478 e. The summed E-state index contributed by atoms with van der Waals surface area (Å²) in [6.45, 7) is 0. The molecule has 2 aromatic heterocycles. The zero-order valence-electron chi connectivity index (χ0n) is 8.16. The van der Waals surface area contributed by atoms with E-state index in [4.69, 9.17) is 5.11 Å². The van der Waals surface area contributed by atoms with Gasteiger partial charge in [-0.2, -0.15) is 0 Å². The van der Waals surface area contributed by atoms with Gasteiger partial charge in [0.1, 0.15) is 12.1 Å². The minimum atomic E-state index is -0.998. The van der Waals surface area contributed by atoms with Crippen molar-refractivity contribution in [2.24, 2.45) is 0 Å². The van der Waals surface area contributed by atoms with Crippen molar-refractivity contribution in [1.29, 1.82) is 0 Å². The summed E-state index contributed by atoms with van der Waals surface area (Å²) in [5.41, 5.74) is 0.841. The average molecular weight is 216 g/mol. The maximum atomic E-state index is 10.6. The SMILES string of the molecule is O=C(O)c1ccc(Nc2cncnc2)nc1. The molecule has 2 heterocycles. The fourth-order valence-corrected chi connectivity index (χ4v) is 1.11. The molecule has 0 saturated carbocycles. The van der Waals surface area contributed by atoms with E-state index in [2.05, 4.69) is 20.3 Å². The Hall–Kier alpha value is -2.50. The lowest BCUT2D eigenvalue weighted by Crippen LogP contribution is -1.99. The molecule has 0 unspecified atom stereocenters. The van der Waals surface area contributed by atoms with Gasteiger partial charge in [-0.3, -0.25) is 0 Å². The Kier molecular flexibility index (Phi) is 2.73. The van der Waals surface area contributed by atoms with Gasteiger partial charge in [0.2, 0.25) is 0 Å². The van der Waals surface area contributed by atoms with Gasteiger partial charge in [-0.15, -0.1) is 0 Å². The summed E-state index contributed by atoms with van der Waals surface area (Å²) in [5, 5.41) is 11.6. The summed E-state index contributed by atoms with van der Waals surface area (Å²) in [7, 11) is 0. The number of nitrogens with zero attached hydrogens (tertiary/aromatic N) is 3. The highest BCUT2D eigenvalue weighted by atomic mass is 16.4. The Morgan fingerprint density at radius 1 is 1.19 bits per heavy atom. The van der Waals surface area contributed by atoms with Crippen LogP contribution in [0.3, 0.4) is 0 Å². The van der Waals surface area contributed by atoms with Crippen LogP contribution >= 0.6 is 0 Å². The standard InChI is InChI=1S/C10H8N4O2/c15-10(16)7-1-2-9(13-3-7)14-8-4-11-6-12-5-8/h1-6H,(H,13,14)(H,15,16). The predicted molar refractivity (Wildman–Crippen MR) is 56.5 cm³/mol. The van der Waals surface area contributed by atoms with Gasteiger partial charge in [0.15, 0.2) is 0 Å². The normalized spacial score (nSPS) is 9.75. The van der Waals surface area contributed by atoms with Crippen LogP contribution in [0.4, 0.5) is 11.5 Å². The summed E-state index contributed by atoms with van der Waals surface area (Å²) >= 11 is 0. The lowest BCUT2D eigenvalue weighted by atomic mass is 10.3. The largest absolute Gasteiger partial charge is 0.478 e. The van der Waals surface area contributed by atoms with Crippen molar-refractivity contribution >= 4 is 17.5 Å². The Bertz CT molecular complexity index is 484. The fourth-order valence-electron chi connectivity index (χ4n) is 1.11. The summed E-state index contributed by atoms with van der Waals surface area (Å²) < 4.78 is 0. The molecule has 2 rings (SSSR count). The molecule has 0 spiro atoms. The van der Waals surface area contributed by atoms with Crippen molar-refractivity contribution < 1.29 is 9.90 Å². The maximum Gasteiger partial charge on any atom is 0.337 e. The van der Waals surface area contributed by atoms with E-state index in [0.717, 1.165) is 0 Å². The number of carbonyl (C=O) groups is 1. The summed E-state index contributed by atoms with van der Waals surface area (Å²) in [6, 6.07) is 3.05. The van der Waals surface area contributed by atoms with E-state index in [1.165, 1.54) is 18.6 Å². The number of pyridine rings is 1. The molecule has 6 nitrogen and oxygen atoms in total. The Morgan fingerprint density at radius 2 is 1.94 bits per heavy atom. The van der Waals surface area contributed by atoms with E-state index in [9.17, 15) is 4.79 Å². The summed E-state index contributed by atoms with van der Waals surface area (Å²) in [4.78, 5) is 22.2. The van der Waals surface area contributed by atoms with Crippen molar-refractivity contribution in [1.82, 2.24) is 15.0 Å². The van der Waals surface area contributed by atoms with Crippen LogP contribution in [-0.2, 0) is 0 Å². The van der Waals surface area contributed by atoms with E-state index in [0.29, 0.717) is 11.5 Å². The lowest BCUT2D eigenvalue weighted by Gasteiger charge is -2.03. The number of carboxylic acids is 1. The molecule has 0 aliphatic heterocycles. The van der Waals surface area contributed by atoms with Crippen LogP contribution < -0.4 is 5.32 Å². The molecule has 2 aromatic rings. The predicted octanol–water partition coefficient (Wildman–Crippen LogP) is 1.31. The number of nitrogens with one attached hydrogen (secondary N) is 1. The molecule has 0 aliphatic carbocycles. The smallest absolute Gasteiger partial charge is 0.337 e. The van der Waals surface area contributed by atoms with Crippen molar-refractivity contribution in [3.63, 3.8) is 0 Å². The second-order valence-corrected chi connectivity index (χ2v) is 2.99. The number of rotatable bonds is 3. The molecule has 0 aromatic carbocycles. The topological polar surface area (TPSA) is 88.0 Å². The third-order valence-corrected chi connectivity index (χ3v) is 1.84. The second kappa shape index (κ2) is 4.35. The highest BCUT2D eigenvalue weighted by molar-refractivity contribution is 5.87. The van der Waals surface area contributed by atoms with E-state index in [1.54, 1.807) is 18.5 Å². The highest BCUT2D eigenvalue weighted by Crippen LogP contribution is 2.11. The van der Waals surface area contributed by atoms with Crippen molar-refractivity contribution in [2.75, 3.05) is 5.32 Å². The van der Waals surface area contributed by atoms with Crippen LogP contribution in [0, 0.1) is 0 Å². The Morgan fingerprint density at radius 3 is 2.50 bits per heavy atom. The third-order valence-electron chi connectivity index (χ3n) is 1.84. The Balaban J connectivity index is 2.14. The Labute approximate surface area is 91.0 Å². The van der Waals surface area contributed by atoms with Gasteiger partial charge < -0.3 is 10.4 Å². The molecule has 2 N–H and O–H groups in total. The van der Waals surface area contributed by atoms with Crippen molar-refractivity contribution in [3.05, 3.63) is 42.6 Å².